The minimum Gasteiger partial charge on any atom is -0.392 e. The molecule has 0 aromatic carbocycles. The van der Waals surface area contributed by atoms with Gasteiger partial charge in [-0.3, -0.25) is 4.68 Å². The molecule has 0 saturated heterocycles. The number of hydrogen-bond acceptors (Lipinski definition) is 3. The van der Waals surface area contributed by atoms with E-state index < -0.39 is 0 Å². The van der Waals surface area contributed by atoms with E-state index in [0.29, 0.717) is 6.54 Å². The van der Waals surface area contributed by atoms with Gasteiger partial charge in [-0.25, -0.2) is 4.98 Å². The van der Waals surface area contributed by atoms with E-state index in [9.17, 15) is 5.11 Å². The highest BCUT2D eigenvalue weighted by molar-refractivity contribution is 5.80. The predicted molar refractivity (Wildman–Crippen MR) is 82.0 cm³/mol. The number of rotatable bonds is 5. The zero-order valence-electron chi connectivity index (χ0n) is 12.5. The fourth-order valence-corrected chi connectivity index (χ4v) is 2.71. The van der Waals surface area contributed by atoms with Gasteiger partial charge in [0.2, 0.25) is 0 Å². The van der Waals surface area contributed by atoms with Gasteiger partial charge in [-0.2, -0.15) is 5.10 Å². The first kappa shape index (κ1) is 13.8. The van der Waals surface area contributed by atoms with Crippen LogP contribution in [-0.2, 0) is 26.1 Å². The van der Waals surface area contributed by atoms with Gasteiger partial charge in [0.05, 0.1) is 24.5 Å². The summed E-state index contributed by atoms with van der Waals surface area (Å²) in [4.78, 5) is 4.45. The van der Waals surface area contributed by atoms with E-state index in [1.165, 1.54) is 5.69 Å². The van der Waals surface area contributed by atoms with E-state index in [0.717, 1.165) is 35.3 Å². The molecular weight excluding hydrogens is 264 g/mol. The van der Waals surface area contributed by atoms with Crippen molar-refractivity contribution >= 4 is 11.0 Å². The quantitative estimate of drug-likeness (QED) is 0.782. The van der Waals surface area contributed by atoms with Crippen molar-refractivity contribution in [2.75, 3.05) is 0 Å². The fourth-order valence-electron chi connectivity index (χ4n) is 2.71. The van der Waals surface area contributed by atoms with Crippen molar-refractivity contribution in [3.8, 4) is 0 Å². The predicted octanol–water partition coefficient (Wildman–Crippen LogP) is 2.36. The Bertz CT molecular complexity index is 757. The maximum absolute atomic E-state index is 9.50. The average Bonchev–Trinajstić information content (AvgIpc) is 3.09. The molecule has 0 unspecified atom stereocenters. The molecule has 5 nitrogen and oxygen atoms in total. The second-order valence-electron chi connectivity index (χ2n) is 5.11. The van der Waals surface area contributed by atoms with Gasteiger partial charge in [0, 0.05) is 29.9 Å². The molecule has 3 aromatic rings. The molecule has 0 aliphatic heterocycles. The molecule has 3 rings (SSSR count). The maximum atomic E-state index is 9.50. The van der Waals surface area contributed by atoms with Crippen LogP contribution in [0.25, 0.3) is 11.0 Å². The van der Waals surface area contributed by atoms with E-state index >= 15 is 0 Å². The maximum Gasteiger partial charge on any atom is 0.140 e. The van der Waals surface area contributed by atoms with Crippen molar-refractivity contribution < 1.29 is 5.11 Å². The topological polar surface area (TPSA) is 55.9 Å². The van der Waals surface area contributed by atoms with E-state index in [2.05, 4.69) is 34.6 Å². The number of aliphatic hydroxyl groups excluding tert-OH is 1. The van der Waals surface area contributed by atoms with Crippen LogP contribution in [0.2, 0.25) is 0 Å². The summed E-state index contributed by atoms with van der Waals surface area (Å²) >= 11 is 0. The highest BCUT2D eigenvalue weighted by Gasteiger charge is 2.12. The summed E-state index contributed by atoms with van der Waals surface area (Å²) in [6.45, 7) is 5.81. The summed E-state index contributed by atoms with van der Waals surface area (Å²) < 4.78 is 4.12. The Morgan fingerprint density at radius 1 is 1.29 bits per heavy atom. The number of aryl methyl sites for hydroxylation is 2. The van der Waals surface area contributed by atoms with Crippen molar-refractivity contribution in [3.05, 3.63) is 47.5 Å². The van der Waals surface area contributed by atoms with Crippen molar-refractivity contribution in [1.82, 2.24) is 19.3 Å². The molecule has 110 valence electrons. The van der Waals surface area contributed by atoms with Gasteiger partial charge in [0.25, 0.3) is 0 Å². The molecule has 0 aliphatic carbocycles. The molecule has 0 saturated carbocycles. The summed E-state index contributed by atoms with van der Waals surface area (Å²) in [7, 11) is 0. The highest BCUT2D eigenvalue weighted by atomic mass is 16.3. The van der Waals surface area contributed by atoms with Crippen LogP contribution in [0.1, 0.15) is 30.8 Å². The third-order valence-electron chi connectivity index (χ3n) is 3.79. The number of fused-ring (bicyclic) bond motifs is 1. The third kappa shape index (κ3) is 2.45. The lowest BCUT2D eigenvalue weighted by Gasteiger charge is -2.06. The smallest absolute Gasteiger partial charge is 0.140 e. The number of hydrogen-bond donors (Lipinski definition) is 1. The Morgan fingerprint density at radius 3 is 2.86 bits per heavy atom. The zero-order chi connectivity index (χ0) is 14.8. The van der Waals surface area contributed by atoms with Crippen molar-refractivity contribution in [2.24, 2.45) is 0 Å². The van der Waals surface area contributed by atoms with Gasteiger partial charge in [0.15, 0.2) is 0 Å². The van der Waals surface area contributed by atoms with Gasteiger partial charge >= 0.3 is 0 Å². The molecular formula is C16H20N4O. The lowest BCUT2D eigenvalue weighted by Crippen LogP contribution is -2.07. The molecule has 0 spiro atoms. The Labute approximate surface area is 123 Å². The van der Waals surface area contributed by atoms with Gasteiger partial charge in [-0.15, -0.1) is 0 Å². The van der Waals surface area contributed by atoms with Crippen molar-refractivity contribution in [2.45, 2.75) is 40.0 Å². The number of aromatic nitrogens is 4. The van der Waals surface area contributed by atoms with Crippen LogP contribution < -0.4 is 0 Å². The van der Waals surface area contributed by atoms with Crippen LogP contribution in [0.3, 0.4) is 0 Å². The summed E-state index contributed by atoms with van der Waals surface area (Å²) in [5.41, 5.74) is 4.10. The third-order valence-corrected chi connectivity index (χ3v) is 3.79. The second-order valence-corrected chi connectivity index (χ2v) is 5.11. The van der Waals surface area contributed by atoms with Gasteiger partial charge < -0.3 is 9.67 Å². The summed E-state index contributed by atoms with van der Waals surface area (Å²) in [5, 5.41) is 15.1. The zero-order valence-corrected chi connectivity index (χ0v) is 12.5. The SMILES string of the molecule is CCc1cc(Cn2cc(CO)c3cccnc32)n(CC)n1. The molecule has 0 aliphatic rings. The van der Waals surface area contributed by atoms with Crippen LogP contribution in [0.5, 0.6) is 0 Å². The van der Waals surface area contributed by atoms with E-state index in [1.54, 1.807) is 6.20 Å². The Balaban J connectivity index is 2.04. The molecule has 3 aromatic heterocycles. The van der Waals surface area contributed by atoms with Crippen molar-refractivity contribution in [1.29, 1.82) is 0 Å². The first-order valence-corrected chi connectivity index (χ1v) is 7.36. The normalized spacial score (nSPS) is 11.4. The van der Waals surface area contributed by atoms with Gasteiger partial charge in [-0.05, 0) is 31.5 Å². The van der Waals surface area contributed by atoms with Crippen LogP contribution in [0.4, 0.5) is 0 Å². The van der Waals surface area contributed by atoms with E-state index in [4.69, 9.17) is 0 Å². The highest BCUT2D eigenvalue weighted by Crippen LogP contribution is 2.20. The first-order valence-electron chi connectivity index (χ1n) is 7.36. The molecule has 0 radical (unpaired) electrons. The van der Waals surface area contributed by atoms with E-state index in [1.807, 2.05) is 23.0 Å². The van der Waals surface area contributed by atoms with Crippen molar-refractivity contribution in [3.63, 3.8) is 0 Å². The number of nitrogens with zero attached hydrogens (tertiary/aromatic N) is 4. The standard InChI is InChI=1S/C16H20N4O/c1-3-13-8-14(20(4-2)18-13)10-19-9-12(11-21)15-6-5-7-17-16(15)19/h5-9,21H,3-4,10-11H2,1-2H3. The molecule has 0 amide bonds. The van der Waals surface area contributed by atoms with Crippen LogP contribution in [0.15, 0.2) is 30.6 Å². The largest absolute Gasteiger partial charge is 0.392 e. The Hall–Kier alpha value is -2.14. The molecule has 0 fully saturated rings. The summed E-state index contributed by atoms with van der Waals surface area (Å²) in [5.74, 6) is 0. The molecule has 0 atom stereocenters. The molecule has 1 N–H and O–H groups in total. The monoisotopic (exact) mass is 284 g/mol. The Kier molecular flexibility index (Phi) is 3.75. The Morgan fingerprint density at radius 2 is 2.14 bits per heavy atom. The van der Waals surface area contributed by atoms with Gasteiger partial charge in [-0.1, -0.05) is 6.92 Å². The number of aliphatic hydroxyl groups is 1. The minimum atomic E-state index is 0.0302. The molecule has 21 heavy (non-hydrogen) atoms. The number of pyridine rings is 1. The summed E-state index contributed by atoms with van der Waals surface area (Å²) in [6, 6.07) is 6.05. The fraction of sp³-hybridized carbons (Fsp3) is 0.375. The summed E-state index contributed by atoms with van der Waals surface area (Å²) in [6.07, 6.45) is 4.71. The molecule has 0 bridgehead atoms. The first-order chi connectivity index (χ1) is 10.3. The molecule has 3 heterocycles. The minimum absolute atomic E-state index is 0.0302. The molecule has 5 heteroatoms. The van der Waals surface area contributed by atoms with Crippen LogP contribution in [-0.4, -0.2) is 24.4 Å². The second kappa shape index (κ2) is 5.69. The lowest BCUT2D eigenvalue weighted by atomic mass is 10.2. The van der Waals surface area contributed by atoms with E-state index in [-0.39, 0.29) is 6.61 Å². The average molecular weight is 284 g/mol. The van der Waals surface area contributed by atoms with Crippen LogP contribution >= 0.6 is 0 Å². The lowest BCUT2D eigenvalue weighted by molar-refractivity contribution is 0.283. The van der Waals surface area contributed by atoms with Crippen LogP contribution in [0, 0.1) is 0 Å². The van der Waals surface area contributed by atoms with Gasteiger partial charge in [0.1, 0.15) is 5.65 Å².